The maximum absolute atomic E-state index is 12.2. The Hall–Kier alpha value is 1.03. The molecule has 0 bridgehead atoms. The Kier molecular flexibility index (Phi) is 5.44. The quantitative estimate of drug-likeness (QED) is 0.281. The zero-order chi connectivity index (χ0) is 15.1. The van der Waals surface area contributed by atoms with Gasteiger partial charge in [-0.15, -0.1) is 0 Å². The molecule has 0 fully saturated rings. The lowest BCUT2D eigenvalue weighted by Gasteiger charge is -2.25. The second kappa shape index (κ2) is 6.26. The Morgan fingerprint density at radius 3 is 1.75 bits per heavy atom. The van der Waals surface area contributed by atoms with Crippen LogP contribution in [-0.4, -0.2) is 22.2 Å². The largest absolute Gasteiger partial charge is 0.268 e. The van der Waals surface area contributed by atoms with E-state index in [4.69, 9.17) is 58.0 Å². The van der Waals surface area contributed by atoms with E-state index in [0.29, 0.717) is 47.7 Å². The number of imide groups is 1. The molecule has 0 aromatic heterocycles. The molecule has 1 aliphatic carbocycles. The van der Waals surface area contributed by atoms with E-state index in [-0.39, 0.29) is 11.8 Å². The first-order valence-electron chi connectivity index (χ1n) is 5.55. The van der Waals surface area contributed by atoms with Gasteiger partial charge in [-0.25, -0.2) is 4.31 Å². The van der Waals surface area contributed by atoms with Crippen LogP contribution in [0.1, 0.15) is 25.7 Å². The number of carbonyl (C=O) groups excluding carboxylic acids is 2. The summed E-state index contributed by atoms with van der Waals surface area (Å²) in [4.78, 5) is 24.4. The standard InChI is InChI=1S/C10H8Cl5NO2S2/c11-9(12,13)19-10(14,15)20-16-7(17)5-3-1-2-4-6(5)8(16)18/h1-4H2. The number of hydrogen-bond acceptors (Lipinski definition) is 4. The van der Waals surface area contributed by atoms with Crippen LogP contribution in [0.5, 0.6) is 0 Å². The van der Waals surface area contributed by atoms with Gasteiger partial charge in [-0.05, 0) is 25.7 Å². The van der Waals surface area contributed by atoms with Gasteiger partial charge in [-0.2, -0.15) is 0 Å². The zero-order valence-electron chi connectivity index (χ0n) is 9.80. The summed E-state index contributed by atoms with van der Waals surface area (Å²) >= 11 is 30.1. The number of halogens is 5. The fourth-order valence-corrected chi connectivity index (χ4v) is 6.95. The van der Waals surface area contributed by atoms with E-state index < -0.39 is 6.12 Å². The van der Waals surface area contributed by atoms with Crippen LogP contribution in [0.15, 0.2) is 11.1 Å². The van der Waals surface area contributed by atoms with Gasteiger partial charge in [0.05, 0.1) is 0 Å². The summed E-state index contributed by atoms with van der Waals surface area (Å²) in [5.41, 5.74) is 1.11. The molecule has 0 atom stereocenters. The van der Waals surface area contributed by atoms with Crippen LogP contribution in [0.3, 0.4) is 0 Å². The van der Waals surface area contributed by atoms with E-state index in [2.05, 4.69) is 0 Å². The van der Waals surface area contributed by atoms with Crippen molar-refractivity contribution >= 4 is 93.5 Å². The van der Waals surface area contributed by atoms with E-state index in [1.165, 1.54) is 0 Å². The van der Waals surface area contributed by atoms with E-state index in [1.807, 2.05) is 0 Å². The third kappa shape index (κ3) is 4.06. The SMILES string of the molecule is O=C1C2=C(CCCC2)C(=O)N1SC(Cl)(Cl)SC(Cl)(Cl)Cl. The highest BCUT2D eigenvalue weighted by atomic mass is 35.6. The van der Waals surface area contributed by atoms with Crippen LogP contribution in [-0.2, 0) is 9.59 Å². The van der Waals surface area contributed by atoms with Crippen LogP contribution in [0, 0.1) is 0 Å². The van der Waals surface area contributed by atoms with Crippen LogP contribution in [0.2, 0.25) is 0 Å². The summed E-state index contributed by atoms with van der Waals surface area (Å²) in [7, 11) is 0. The molecule has 0 spiro atoms. The van der Waals surface area contributed by atoms with E-state index in [1.54, 1.807) is 0 Å². The molecule has 0 N–H and O–H groups in total. The maximum Gasteiger partial charge on any atom is 0.267 e. The van der Waals surface area contributed by atoms with Crippen molar-refractivity contribution in [3.63, 3.8) is 0 Å². The molecule has 1 aliphatic heterocycles. The third-order valence-corrected chi connectivity index (χ3v) is 6.03. The minimum atomic E-state index is -1.75. The number of thioether (sulfide) groups is 1. The Morgan fingerprint density at radius 1 is 0.900 bits per heavy atom. The third-order valence-electron chi connectivity index (χ3n) is 2.79. The molecule has 2 aliphatic rings. The molecule has 0 aromatic carbocycles. The molecule has 2 rings (SSSR count). The zero-order valence-corrected chi connectivity index (χ0v) is 15.2. The monoisotopic (exact) mass is 413 g/mol. The maximum atomic E-state index is 12.2. The molecular formula is C10H8Cl5NO2S2. The number of hydrogen-bond donors (Lipinski definition) is 0. The topological polar surface area (TPSA) is 37.4 Å². The number of rotatable bonds is 3. The van der Waals surface area contributed by atoms with E-state index >= 15 is 0 Å². The number of amides is 2. The van der Waals surface area contributed by atoms with Crippen LogP contribution in [0.4, 0.5) is 0 Å². The van der Waals surface area contributed by atoms with E-state index in [0.717, 1.165) is 17.1 Å². The van der Waals surface area contributed by atoms with Crippen molar-refractivity contribution in [1.29, 1.82) is 0 Å². The van der Waals surface area contributed by atoms with Crippen molar-refractivity contribution in [2.24, 2.45) is 0 Å². The Balaban J connectivity index is 2.12. The van der Waals surface area contributed by atoms with Gasteiger partial charge in [0.15, 0.2) is 0 Å². The van der Waals surface area contributed by atoms with Crippen molar-refractivity contribution in [2.75, 3.05) is 0 Å². The smallest absolute Gasteiger partial charge is 0.267 e. The molecule has 1 heterocycles. The average Bonchev–Trinajstić information content (AvgIpc) is 2.52. The molecule has 10 heteroatoms. The highest BCUT2D eigenvalue weighted by Crippen LogP contribution is 2.57. The van der Waals surface area contributed by atoms with Crippen molar-refractivity contribution in [1.82, 2.24) is 4.31 Å². The first kappa shape index (κ1) is 17.4. The van der Waals surface area contributed by atoms with Crippen molar-refractivity contribution in [3.8, 4) is 0 Å². The lowest BCUT2D eigenvalue weighted by Crippen LogP contribution is -2.29. The Bertz CT molecular complexity index is 461. The second-order valence-corrected chi connectivity index (χ2v) is 12.2. The molecule has 3 nitrogen and oxygen atoms in total. The van der Waals surface area contributed by atoms with Gasteiger partial charge in [0.1, 0.15) is 0 Å². The van der Waals surface area contributed by atoms with Gasteiger partial charge in [-0.3, -0.25) is 9.59 Å². The van der Waals surface area contributed by atoms with E-state index in [9.17, 15) is 9.59 Å². The Morgan fingerprint density at radius 2 is 1.35 bits per heavy atom. The Labute approximate surface area is 149 Å². The predicted molar refractivity (Wildman–Crippen MR) is 87.3 cm³/mol. The summed E-state index contributed by atoms with van der Waals surface area (Å²) in [6.45, 7) is 0. The van der Waals surface area contributed by atoms with Crippen molar-refractivity contribution in [2.45, 2.75) is 31.8 Å². The highest BCUT2D eigenvalue weighted by Gasteiger charge is 2.46. The summed E-state index contributed by atoms with van der Waals surface area (Å²) in [6.07, 6.45) is 3.00. The second-order valence-electron chi connectivity index (χ2n) is 4.17. The molecular weight excluding hydrogens is 408 g/mol. The summed E-state index contributed by atoms with van der Waals surface area (Å²) in [6, 6.07) is 0. The van der Waals surface area contributed by atoms with Crippen molar-refractivity contribution < 1.29 is 9.59 Å². The molecule has 2 amide bonds. The fourth-order valence-electron chi connectivity index (χ4n) is 2.06. The molecule has 0 saturated carbocycles. The summed E-state index contributed by atoms with van der Waals surface area (Å²) < 4.78 is -2.46. The van der Waals surface area contributed by atoms with Gasteiger partial charge in [0, 0.05) is 23.1 Å². The summed E-state index contributed by atoms with van der Waals surface area (Å²) in [5.74, 6) is -0.740. The number of alkyl halides is 5. The van der Waals surface area contributed by atoms with Gasteiger partial charge in [0.25, 0.3) is 11.8 Å². The minimum absolute atomic E-state index is 0.370. The van der Waals surface area contributed by atoms with Gasteiger partial charge >= 0.3 is 0 Å². The highest BCUT2D eigenvalue weighted by molar-refractivity contribution is 8.23. The molecule has 0 saturated heterocycles. The van der Waals surface area contributed by atoms with Gasteiger partial charge in [0.2, 0.25) is 6.12 Å². The molecule has 20 heavy (non-hydrogen) atoms. The number of nitrogens with zero attached hydrogens (tertiary/aromatic N) is 1. The minimum Gasteiger partial charge on any atom is -0.268 e. The average molecular weight is 416 g/mol. The lowest BCUT2D eigenvalue weighted by atomic mass is 9.93. The molecule has 0 aromatic rings. The first-order valence-corrected chi connectivity index (χ1v) is 9.03. The van der Waals surface area contributed by atoms with Gasteiger partial charge in [-0.1, -0.05) is 69.8 Å². The molecule has 0 radical (unpaired) electrons. The van der Waals surface area contributed by atoms with Crippen molar-refractivity contribution in [3.05, 3.63) is 11.1 Å². The van der Waals surface area contributed by atoms with Gasteiger partial charge < -0.3 is 0 Å². The first-order chi connectivity index (χ1) is 9.11. The van der Waals surface area contributed by atoms with Crippen LogP contribution >= 0.6 is 81.7 Å². The molecule has 0 unspecified atom stereocenters. The molecule has 112 valence electrons. The van der Waals surface area contributed by atoms with Crippen LogP contribution < -0.4 is 0 Å². The number of carbonyl (C=O) groups is 2. The van der Waals surface area contributed by atoms with Crippen LogP contribution in [0.25, 0.3) is 0 Å². The normalized spacial score (nSPS) is 20.8. The predicted octanol–water partition coefficient (Wildman–Crippen LogP) is 5.02. The summed E-state index contributed by atoms with van der Waals surface area (Å²) in [5, 5.41) is 0. The fraction of sp³-hybridized carbons (Fsp3) is 0.600. The lowest BCUT2D eigenvalue weighted by molar-refractivity contribution is -0.131.